The quantitative estimate of drug-likeness (QED) is 0.287. The summed E-state index contributed by atoms with van der Waals surface area (Å²) in [4.78, 5) is 0. The monoisotopic (exact) mass is 373 g/mol. The van der Waals surface area contributed by atoms with Crippen LogP contribution in [0.1, 0.15) is 75.3 Å². The van der Waals surface area contributed by atoms with Crippen molar-refractivity contribution in [1.29, 1.82) is 5.26 Å². The molecule has 0 bridgehead atoms. The first-order chi connectivity index (χ1) is 13.8. The van der Waals surface area contributed by atoms with Crippen molar-refractivity contribution < 1.29 is 0 Å². The van der Waals surface area contributed by atoms with Crippen LogP contribution in [0.25, 0.3) is 0 Å². The molecule has 0 N–H and O–H groups in total. The first-order valence-corrected chi connectivity index (χ1v) is 11.3. The third-order valence-corrected chi connectivity index (χ3v) is 6.77. The predicted octanol–water partition coefficient (Wildman–Crippen LogP) is 7.52. The first-order valence-electron chi connectivity index (χ1n) is 11.3. The number of rotatable bonds is 6. The van der Waals surface area contributed by atoms with E-state index in [9.17, 15) is 0 Å². The molecule has 0 amide bonds. The Labute approximate surface area is 171 Å². The molecule has 2 fully saturated rings. The molecule has 0 heterocycles. The second-order valence-electron chi connectivity index (χ2n) is 8.64. The molecule has 1 aromatic rings. The van der Waals surface area contributed by atoms with Crippen molar-refractivity contribution in [2.24, 2.45) is 17.8 Å². The molecule has 2 aliphatic rings. The third-order valence-electron chi connectivity index (χ3n) is 6.77. The van der Waals surface area contributed by atoms with E-state index in [1.165, 1.54) is 56.9 Å². The topological polar surface area (TPSA) is 23.8 Å². The van der Waals surface area contributed by atoms with E-state index < -0.39 is 0 Å². The smallest absolute Gasteiger partial charge is 0.0912 e. The summed E-state index contributed by atoms with van der Waals surface area (Å²) in [6.45, 7) is 2.23. The highest BCUT2D eigenvalue weighted by atomic mass is 14.3. The zero-order valence-corrected chi connectivity index (χ0v) is 17.4. The number of hydrogen-bond donors (Lipinski definition) is 0. The summed E-state index contributed by atoms with van der Waals surface area (Å²) in [6, 6.07) is 11.4. The van der Waals surface area contributed by atoms with Crippen LogP contribution in [-0.2, 0) is 6.42 Å². The second kappa shape index (κ2) is 11.1. The molecule has 28 heavy (non-hydrogen) atoms. The summed E-state index contributed by atoms with van der Waals surface area (Å²) in [5.74, 6) is 3.04. The van der Waals surface area contributed by atoms with Gasteiger partial charge in [-0.2, -0.15) is 5.26 Å². The zero-order valence-electron chi connectivity index (χ0n) is 17.4. The van der Waals surface area contributed by atoms with Gasteiger partial charge in [-0.3, -0.25) is 0 Å². The fourth-order valence-corrected chi connectivity index (χ4v) is 4.83. The van der Waals surface area contributed by atoms with E-state index in [1.54, 1.807) is 11.6 Å². The van der Waals surface area contributed by atoms with Crippen molar-refractivity contribution in [2.45, 2.75) is 70.6 Å². The van der Waals surface area contributed by atoms with Gasteiger partial charge in [0.25, 0.3) is 0 Å². The number of aryl methyl sites for hydroxylation is 1. The Hall–Kier alpha value is -2.07. The Balaban J connectivity index is 1.39. The standard InChI is InChI=1S/C27H35N/c1-2-22-13-17-26(18-14-22)27-19-15-25(16-20-27)12-11-24-9-7-23(8-10-24)6-4-3-5-21-28/h3-6,11-14,17-18,23-25,27H,2,7-10,15-16,19-20H2,1H3. The normalized spacial score (nSPS) is 28.9. The van der Waals surface area contributed by atoms with Crippen LogP contribution in [0.2, 0.25) is 0 Å². The van der Waals surface area contributed by atoms with Gasteiger partial charge < -0.3 is 0 Å². The highest BCUT2D eigenvalue weighted by Crippen LogP contribution is 2.37. The van der Waals surface area contributed by atoms with Crippen LogP contribution < -0.4 is 0 Å². The lowest BCUT2D eigenvalue weighted by atomic mass is 9.77. The van der Waals surface area contributed by atoms with Gasteiger partial charge in [0.15, 0.2) is 0 Å². The third kappa shape index (κ3) is 6.23. The highest BCUT2D eigenvalue weighted by Gasteiger charge is 2.22. The van der Waals surface area contributed by atoms with Crippen molar-refractivity contribution in [3.63, 3.8) is 0 Å². The molecule has 1 nitrogen and oxygen atoms in total. The number of hydrogen-bond acceptors (Lipinski definition) is 1. The van der Waals surface area contributed by atoms with Crippen molar-refractivity contribution in [3.8, 4) is 6.07 Å². The molecule has 2 aliphatic carbocycles. The van der Waals surface area contributed by atoms with E-state index in [-0.39, 0.29) is 0 Å². The van der Waals surface area contributed by atoms with E-state index >= 15 is 0 Å². The molecule has 0 unspecified atom stereocenters. The summed E-state index contributed by atoms with van der Waals surface area (Å²) >= 11 is 0. The van der Waals surface area contributed by atoms with Crippen LogP contribution >= 0.6 is 0 Å². The van der Waals surface area contributed by atoms with Gasteiger partial charge in [0.05, 0.1) is 6.07 Å². The summed E-state index contributed by atoms with van der Waals surface area (Å²) in [5, 5.41) is 8.52. The molecule has 0 spiro atoms. The lowest BCUT2D eigenvalue weighted by Gasteiger charge is -2.28. The molecule has 148 valence electrons. The Kier molecular flexibility index (Phi) is 8.16. The van der Waals surface area contributed by atoms with Crippen LogP contribution in [0.15, 0.2) is 60.7 Å². The lowest BCUT2D eigenvalue weighted by molar-refractivity contribution is 0.348. The van der Waals surface area contributed by atoms with Crippen LogP contribution in [-0.4, -0.2) is 0 Å². The largest absolute Gasteiger partial charge is 0.193 e. The summed E-state index contributed by atoms with van der Waals surface area (Å²) in [7, 11) is 0. The minimum atomic E-state index is 0.697. The molecule has 0 aliphatic heterocycles. The number of nitriles is 1. The number of allylic oxidation sites excluding steroid dienone is 6. The van der Waals surface area contributed by atoms with Crippen molar-refractivity contribution >= 4 is 0 Å². The average Bonchev–Trinajstić information content (AvgIpc) is 2.76. The molecule has 1 heteroatoms. The van der Waals surface area contributed by atoms with Crippen LogP contribution in [0.5, 0.6) is 0 Å². The zero-order chi connectivity index (χ0) is 19.6. The second-order valence-corrected chi connectivity index (χ2v) is 8.64. The van der Waals surface area contributed by atoms with Crippen molar-refractivity contribution in [1.82, 2.24) is 0 Å². The SMILES string of the molecule is CCc1ccc(C2CCC(C=CC3CCC(C=CC=CC#N)CC3)CC2)cc1. The molecular formula is C27H35N. The van der Waals surface area contributed by atoms with Crippen molar-refractivity contribution in [3.05, 3.63) is 71.8 Å². The minimum absolute atomic E-state index is 0.697. The van der Waals surface area contributed by atoms with Gasteiger partial charge in [0.2, 0.25) is 0 Å². The highest BCUT2D eigenvalue weighted by molar-refractivity contribution is 5.26. The molecule has 3 rings (SSSR count). The van der Waals surface area contributed by atoms with Gasteiger partial charge in [-0.1, -0.05) is 61.6 Å². The summed E-state index contributed by atoms with van der Waals surface area (Å²) in [6.07, 6.45) is 24.5. The molecule has 0 aromatic heterocycles. The number of nitrogens with zero attached hydrogens (tertiary/aromatic N) is 1. The Morgan fingerprint density at radius 2 is 1.32 bits per heavy atom. The molecule has 0 saturated heterocycles. The van der Waals surface area contributed by atoms with Gasteiger partial charge in [0.1, 0.15) is 0 Å². The van der Waals surface area contributed by atoms with Crippen LogP contribution in [0.4, 0.5) is 0 Å². The predicted molar refractivity (Wildman–Crippen MR) is 119 cm³/mol. The lowest BCUT2D eigenvalue weighted by Crippen LogP contribution is -2.14. The molecule has 1 aromatic carbocycles. The van der Waals surface area contributed by atoms with Crippen molar-refractivity contribution in [2.75, 3.05) is 0 Å². The van der Waals surface area contributed by atoms with E-state index in [1.807, 2.05) is 18.2 Å². The molecule has 0 radical (unpaired) electrons. The maximum Gasteiger partial charge on any atom is 0.0912 e. The Morgan fingerprint density at radius 3 is 1.86 bits per heavy atom. The van der Waals surface area contributed by atoms with E-state index in [2.05, 4.69) is 49.4 Å². The molecule has 2 saturated carbocycles. The van der Waals surface area contributed by atoms with Gasteiger partial charge >= 0.3 is 0 Å². The summed E-state index contributed by atoms with van der Waals surface area (Å²) < 4.78 is 0. The fraction of sp³-hybridized carbons (Fsp3) is 0.519. The minimum Gasteiger partial charge on any atom is -0.193 e. The maximum absolute atomic E-state index is 8.52. The van der Waals surface area contributed by atoms with Gasteiger partial charge in [0, 0.05) is 6.08 Å². The fourth-order valence-electron chi connectivity index (χ4n) is 4.83. The Morgan fingerprint density at radius 1 is 0.786 bits per heavy atom. The van der Waals surface area contributed by atoms with Crippen LogP contribution in [0, 0.1) is 29.1 Å². The van der Waals surface area contributed by atoms with Gasteiger partial charge in [-0.05, 0) is 92.6 Å². The number of benzene rings is 1. The van der Waals surface area contributed by atoms with E-state index in [0.717, 1.165) is 24.2 Å². The van der Waals surface area contributed by atoms with Crippen LogP contribution in [0.3, 0.4) is 0 Å². The molecule has 0 atom stereocenters. The Bertz CT molecular complexity index is 700. The molecular weight excluding hydrogens is 338 g/mol. The van der Waals surface area contributed by atoms with E-state index in [0.29, 0.717) is 5.92 Å². The summed E-state index contributed by atoms with van der Waals surface area (Å²) in [5.41, 5.74) is 3.00. The van der Waals surface area contributed by atoms with E-state index in [4.69, 9.17) is 5.26 Å². The van der Waals surface area contributed by atoms with Gasteiger partial charge in [-0.25, -0.2) is 0 Å². The maximum atomic E-state index is 8.52. The first kappa shape index (κ1) is 20.7. The average molecular weight is 374 g/mol. The van der Waals surface area contributed by atoms with Gasteiger partial charge in [-0.15, -0.1) is 0 Å².